The summed E-state index contributed by atoms with van der Waals surface area (Å²) in [4.78, 5) is -0.598. The highest BCUT2D eigenvalue weighted by Gasteiger charge is 2.17. The van der Waals surface area contributed by atoms with Gasteiger partial charge >= 0.3 is 0 Å². The van der Waals surface area contributed by atoms with Crippen molar-refractivity contribution in [2.45, 2.75) is 11.5 Å². The minimum atomic E-state index is -4.23. The van der Waals surface area contributed by atoms with Gasteiger partial charge in [0.2, 0.25) is 10.0 Å². The van der Waals surface area contributed by atoms with E-state index in [1.807, 2.05) is 0 Å². The molecule has 0 saturated heterocycles. The zero-order chi connectivity index (χ0) is 15.6. The minimum absolute atomic E-state index is 0.290. The van der Waals surface area contributed by atoms with E-state index in [1.54, 1.807) is 0 Å². The second-order valence-corrected chi connectivity index (χ2v) is 5.65. The van der Waals surface area contributed by atoms with Crippen molar-refractivity contribution in [1.29, 1.82) is 0 Å². The molecule has 8 heteroatoms. The van der Waals surface area contributed by atoms with E-state index in [1.165, 1.54) is 6.07 Å². The van der Waals surface area contributed by atoms with Gasteiger partial charge in [-0.3, -0.25) is 0 Å². The van der Waals surface area contributed by atoms with Gasteiger partial charge in [-0.15, -0.1) is 0 Å². The Morgan fingerprint density at radius 3 is 2.24 bits per heavy atom. The summed E-state index contributed by atoms with van der Waals surface area (Å²) in [7, 11) is -4.23. The lowest BCUT2D eigenvalue weighted by atomic mass is 10.2. The van der Waals surface area contributed by atoms with Crippen molar-refractivity contribution in [3.05, 3.63) is 59.4 Å². The molecule has 0 bridgehead atoms. The number of benzene rings is 2. The number of primary sulfonamides is 1. The van der Waals surface area contributed by atoms with Crippen molar-refractivity contribution in [3.8, 4) is 5.75 Å². The van der Waals surface area contributed by atoms with Crippen molar-refractivity contribution in [3.63, 3.8) is 0 Å². The van der Waals surface area contributed by atoms with Gasteiger partial charge in [-0.1, -0.05) is 6.07 Å². The van der Waals surface area contributed by atoms with Crippen LogP contribution in [0.2, 0.25) is 0 Å². The quantitative estimate of drug-likeness (QED) is 0.941. The lowest BCUT2D eigenvalue weighted by molar-refractivity contribution is 0.284. The fourth-order valence-electron chi connectivity index (χ4n) is 1.64. The molecule has 21 heavy (non-hydrogen) atoms. The summed E-state index contributed by atoms with van der Waals surface area (Å²) in [6.07, 6.45) is 0. The lowest BCUT2D eigenvalue weighted by Crippen LogP contribution is -2.14. The van der Waals surface area contributed by atoms with Crippen molar-refractivity contribution in [2.24, 2.45) is 5.14 Å². The Hall–Kier alpha value is -2.06. The van der Waals surface area contributed by atoms with Crippen molar-refractivity contribution < 1.29 is 26.3 Å². The Bertz CT molecular complexity index is 758. The van der Waals surface area contributed by atoms with Crippen LogP contribution in [0.25, 0.3) is 0 Å². The predicted molar refractivity (Wildman–Crippen MR) is 68.5 cm³/mol. The van der Waals surface area contributed by atoms with Gasteiger partial charge < -0.3 is 4.74 Å². The number of ether oxygens (including phenoxy) is 1. The first-order valence-electron chi connectivity index (χ1n) is 5.67. The molecule has 0 aliphatic heterocycles. The molecule has 0 aliphatic rings. The van der Waals surface area contributed by atoms with E-state index in [-0.39, 0.29) is 11.3 Å². The van der Waals surface area contributed by atoms with Crippen LogP contribution in [-0.2, 0) is 16.6 Å². The molecule has 112 valence electrons. The molecule has 2 N–H and O–H groups in total. The van der Waals surface area contributed by atoms with Gasteiger partial charge in [0.05, 0.1) is 5.56 Å². The molecule has 2 rings (SSSR count). The Morgan fingerprint density at radius 1 is 1.05 bits per heavy atom. The van der Waals surface area contributed by atoms with Crippen LogP contribution >= 0.6 is 0 Å². The Kier molecular flexibility index (Phi) is 4.19. The molecular formula is C13H10F3NO3S. The van der Waals surface area contributed by atoms with Crippen LogP contribution < -0.4 is 9.88 Å². The second kappa shape index (κ2) is 5.74. The van der Waals surface area contributed by atoms with E-state index < -0.39 is 39.0 Å². The van der Waals surface area contributed by atoms with E-state index in [0.29, 0.717) is 6.07 Å². The van der Waals surface area contributed by atoms with Gasteiger partial charge in [-0.2, -0.15) is 0 Å². The van der Waals surface area contributed by atoms with Crippen LogP contribution in [0.1, 0.15) is 5.56 Å². The third-order valence-electron chi connectivity index (χ3n) is 2.65. The molecule has 2 aromatic carbocycles. The van der Waals surface area contributed by atoms with E-state index in [2.05, 4.69) is 0 Å². The number of hydrogen-bond donors (Lipinski definition) is 1. The molecule has 0 aromatic heterocycles. The summed E-state index contributed by atoms with van der Waals surface area (Å²) in [5.74, 6) is -2.80. The van der Waals surface area contributed by atoms with Crippen molar-refractivity contribution in [1.82, 2.24) is 0 Å². The van der Waals surface area contributed by atoms with Crippen LogP contribution in [0, 0.1) is 17.5 Å². The van der Waals surface area contributed by atoms with Gasteiger partial charge in [0.15, 0.2) is 0 Å². The van der Waals surface area contributed by atoms with Gasteiger partial charge in [0.1, 0.15) is 34.7 Å². The maximum absolute atomic E-state index is 13.4. The highest BCUT2D eigenvalue weighted by molar-refractivity contribution is 7.89. The maximum atomic E-state index is 13.4. The first-order valence-corrected chi connectivity index (χ1v) is 7.21. The minimum Gasteiger partial charge on any atom is -0.487 e. The van der Waals surface area contributed by atoms with Gasteiger partial charge in [-0.05, 0) is 30.3 Å². The molecule has 0 spiro atoms. The first kappa shape index (κ1) is 15.3. The monoisotopic (exact) mass is 317 g/mol. The fraction of sp³-hybridized carbons (Fsp3) is 0.0769. The number of nitrogens with two attached hydrogens (primary N) is 1. The standard InChI is InChI=1S/C13H10F3NO3S/c14-8-4-5-12(13(6-8)21(17,18)19)20-7-9-10(15)2-1-3-11(9)16/h1-6H,7H2,(H2,17,18,19). The largest absolute Gasteiger partial charge is 0.487 e. The second-order valence-electron chi connectivity index (χ2n) is 4.12. The summed E-state index contributed by atoms with van der Waals surface area (Å²) in [5.41, 5.74) is -0.373. The number of hydrogen-bond acceptors (Lipinski definition) is 3. The topological polar surface area (TPSA) is 69.4 Å². The molecule has 0 heterocycles. The lowest BCUT2D eigenvalue weighted by Gasteiger charge is -2.11. The summed E-state index contributed by atoms with van der Waals surface area (Å²) in [5, 5.41) is 4.93. The maximum Gasteiger partial charge on any atom is 0.241 e. The number of rotatable bonds is 4. The average molecular weight is 317 g/mol. The Morgan fingerprint density at radius 2 is 1.67 bits per heavy atom. The summed E-state index contributed by atoms with van der Waals surface area (Å²) >= 11 is 0. The molecule has 0 saturated carbocycles. The number of halogens is 3. The molecule has 0 fully saturated rings. The highest BCUT2D eigenvalue weighted by atomic mass is 32.2. The van der Waals surface area contributed by atoms with Crippen LogP contribution in [0.15, 0.2) is 41.3 Å². The average Bonchev–Trinajstić information content (AvgIpc) is 2.38. The molecule has 0 radical (unpaired) electrons. The van der Waals surface area contributed by atoms with Gasteiger partial charge in [0.25, 0.3) is 0 Å². The summed E-state index contributed by atoms with van der Waals surface area (Å²) in [6, 6.07) is 5.89. The molecule has 0 aliphatic carbocycles. The fourth-order valence-corrected chi connectivity index (χ4v) is 2.33. The van der Waals surface area contributed by atoms with Crippen LogP contribution in [0.5, 0.6) is 5.75 Å². The van der Waals surface area contributed by atoms with Crippen LogP contribution in [-0.4, -0.2) is 8.42 Å². The first-order chi connectivity index (χ1) is 9.79. The number of sulfonamides is 1. The van der Waals surface area contributed by atoms with Crippen LogP contribution in [0.3, 0.4) is 0 Å². The van der Waals surface area contributed by atoms with Crippen LogP contribution in [0.4, 0.5) is 13.2 Å². The molecule has 0 unspecified atom stereocenters. The van der Waals surface area contributed by atoms with Gasteiger partial charge in [-0.25, -0.2) is 26.7 Å². The molecule has 4 nitrogen and oxygen atoms in total. The molecule has 2 aromatic rings. The zero-order valence-electron chi connectivity index (χ0n) is 10.5. The van der Waals surface area contributed by atoms with E-state index in [4.69, 9.17) is 9.88 Å². The molecule has 0 amide bonds. The van der Waals surface area contributed by atoms with Crippen molar-refractivity contribution >= 4 is 10.0 Å². The van der Waals surface area contributed by atoms with Crippen molar-refractivity contribution in [2.75, 3.05) is 0 Å². The van der Waals surface area contributed by atoms with E-state index >= 15 is 0 Å². The third kappa shape index (κ3) is 3.53. The summed E-state index contributed by atoms with van der Waals surface area (Å²) in [6.45, 7) is -0.563. The predicted octanol–water partition coefficient (Wildman–Crippen LogP) is 2.33. The Labute approximate surface area is 119 Å². The summed E-state index contributed by atoms with van der Waals surface area (Å²) < 4.78 is 67.7. The molecular weight excluding hydrogens is 307 g/mol. The normalized spacial score (nSPS) is 11.4. The smallest absolute Gasteiger partial charge is 0.241 e. The van der Waals surface area contributed by atoms with E-state index in [9.17, 15) is 21.6 Å². The SMILES string of the molecule is NS(=O)(=O)c1cc(F)ccc1OCc1c(F)cccc1F. The van der Waals surface area contributed by atoms with Gasteiger partial charge in [0, 0.05) is 0 Å². The third-order valence-corrected chi connectivity index (χ3v) is 3.58. The molecule has 0 atom stereocenters. The Balaban J connectivity index is 2.33. The highest BCUT2D eigenvalue weighted by Crippen LogP contribution is 2.25. The zero-order valence-corrected chi connectivity index (χ0v) is 11.3. The van der Waals surface area contributed by atoms with E-state index in [0.717, 1.165) is 24.3 Å².